The fourth-order valence-corrected chi connectivity index (χ4v) is 1.41. The molecule has 1 unspecified atom stereocenters. The number of carbonyl (C=O) groups is 2. The number of hydrogen-bond acceptors (Lipinski definition) is 4. The van der Waals surface area contributed by atoms with Gasteiger partial charge in [-0.15, -0.1) is 0 Å². The number of esters is 1. The summed E-state index contributed by atoms with van der Waals surface area (Å²) in [5.74, 6) is -0.0477. The summed E-state index contributed by atoms with van der Waals surface area (Å²) in [6.07, 6.45) is 0.682. The Labute approximate surface area is 103 Å². The molecule has 0 saturated carbocycles. The molecule has 1 atom stereocenters. The molecule has 1 amide bonds. The van der Waals surface area contributed by atoms with Gasteiger partial charge in [-0.2, -0.15) is 0 Å². The van der Waals surface area contributed by atoms with Gasteiger partial charge in [-0.1, -0.05) is 6.92 Å². The van der Waals surface area contributed by atoms with E-state index in [9.17, 15) is 9.59 Å². The molecule has 0 bridgehead atoms. The summed E-state index contributed by atoms with van der Waals surface area (Å²) >= 11 is 0. The summed E-state index contributed by atoms with van der Waals surface area (Å²) in [4.78, 5) is 24.4. The van der Waals surface area contributed by atoms with Crippen molar-refractivity contribution < 1.29 is 19.1 Å². The highest BCUT2D eigenvalue weighted by molar-refractivity contribution is 5.77. The van der Waals surface area contributed by atoms with Gasteiger partial charge in [0, 0.05) is 33.7 Å². The molecule has 0 aliphatic heterocycles. The second-order valence-corrected chi connectivity index (χ2v) is 4.13. The molecule has 5 nitrogen and oxygen atoms in total. The quantitative estimate of drug-likeness (QED) is 0.600. The van der Waals surface area contributed by atoms with E-state index in [0.717, 1.165) is 0 Å². The fraction of sp³-hybridized carbons (Fsp3) is 0.833. The zero-order chi connectivity index (χ0) is 13.3. The first-order chi connectivity index (χ1) is 8.01. The van der Waals surface area contributed by atoms with Crippen molar-refractivity contribution in [2.75, 3.05) is 33.9 Å². The van der Waals surface area contributed by atoms with Crippen molar-refractivity contribution in [2.24, 2.45) is 5.92 Å². The molecule has 0 aromatic rings. The van der Waals surface area contributed by atoms with Gasteiger partial charge in [-0.25, -0.2) is 0 Å². The van der Waals surface area contributed by atoms with Crippen LogP contribution >= 0.6 is 0 Å². The first-order valence-corrected chi connectivity index (χ1v) is 5.89. The van der Waals surface area contributed by atoms with E-state index in [4.69, 9.17) is 9.47 Å². The number of carbonyl (C=O) groups excluding carboxylic acids is 2. The van der Waals surface area contributed by atoms with E-state index in [2.05, 4.69) is 0 Å². The van der Waals surface area contributed by atoms with Crippen molar-refractivity contribution in [1.82, 2.24) is 4.90 Å². The largest absolute Gasteiger partial charge is 0.466 e. The first kappa shape index (κ1) is 15.9. The average Bonchev–Trinajstić information content (AvgIpc) is 2.26. The highest BCUT2D eigenvalue weighted by Crippen LogP contribution is 2.05. The van der Waals surface area contributed by atoms with Crippen LogP contribution in [0.15, 0.2) is 0 Å². The minimum Gasteiger partial charge on any atom is -0.466 e. The molecule has 0 spiro atoms. The summed E-state index contributed by atoms with van der Waals surface area (Å²) in [5, 5.41) is 0. The third-order valence-corrected chi connectivity index (χ3v) is 2.36. The van der Waals surface area contributed by atoms with Crippen LogP contribution in [0.4, 0.5) is 0 Å². The summed E-state index contributed by atoms with van der Waals surface area (Å²) in [6.45, 7) is 5.07. The lowest BCUT2D eigenvalue weighted by Crippen LogP contribution is -2.31. The predicted molar refractivity (Wildman–Crippen MR) is 64.5 cm³/mol. The summed E-state index contributed by atoms with van der Waals surface area (Å²) < 4.78 is 9.76. The number of nitrogens with zero attached hydrogens (tertiary/aromatic N) is 1. The van der Waals surface area contributed by atoms with Gasteiger partial charge >= 0.3 is 5.97 Å². The molecule has 0 fully saturated rings. The molecule has 0 heterocycles. The van der Waals surface area contributed by atoms with Crippen molar-refractivity contribution in [1.29, 1.82) is 0 Å². The Morgan fingerprint density at radius 2 is 2.00 bits per heavy atom. The maximum absolute atomic E-state index is 11.7. The summed E-state index contributed by atoms with van der Waals surface area (Å²) in [6, 6.07) is 0. The van der Waals surface area contributed by atoms with E-state index in [1.165, 1.54) is 0 Å². The van der Waals surface area contributed by atoms with E-state index < -0.39 is 0 Å². The summed E-state index contributed by atoms with van der Waals surface area (Å²) in [5.41, 5.74) is 0. The van der Waals surface area contributed by atoms with Crippen LogP contribution < -0.4 is 0 Å². The molecule has 5 heteroatoms. The second-order valence-electron chi connectivity index (χ2n) is 4.13. The molecule has 0 rings (SSSR count). The van der Waals surface area contributed by atoms with Crippen molar-refractivity contribution in [2.45, 2.75) is 26.7 Å². The molecule has 0 N–H and O–H groups in total. The van der Waals surface area contributed by atoms with Crippen LogP contribution in [0.1, 0.15) is 26.7 Å². The Kier molecular flexibility index (Phi) is 8.40. The maximum Gasteiger partial charge on any atom is 0.307 e. The molecule has 0 aromatic heterocycles. The predicted octanol–water partition coefficient (Wildman–Crippen LogP) is 1.07. The van der Waals surface area contributed by atoms with Crippen molar-refractivity contribution in [3.63, 3.8) is 0 Å². The van der Waals surface area contributed by atoms with E-state index in [1.807, 2.05) is 6.92 Å². The van der Waals surface area contributed by atoms with Gasteiger partial charge in [-0.3, -0.25) is 9.59 Å². The lowest BCUT2D eigenvalue weighted by atomic mass is 10.1. The Hall–Kier alpha value is -1.10. The van der Waals surface area contributed by atoms with Crippen LogP contribution in [0.25, 0.3) is 0 Å². The molecule has 0 aliphatic rings. The van der Waals surface area contributed by atoms with Gasteiger partial charge in [0.25, 0.3) is 0 Å². The van der Waals surface area contributed by atoms with Crippen LogP contribution in [0.5, 0.6) is 0 Å². The number of amides is 1. The van der Waals surface area contributed by atoms with E-state index >= 15 is 0 Å². The van der Waals surface area contributed by atoms with Crippen molar-refractivity contribution >= 4 is 11.9 Å². The van der Waals surface area contributed by atoms with Gasteiger partial charge in [-0.05, 0) is 12.8 Å². The summed E-state index contributed by atoms with van der Waals surface area (Å²) in [7, 11) is 3.31. The van der Waals surface area contributed by atoms with E-state index in [-0.39, 0.29) is 24.2 Å². The van der Waals surface area contributed by atoms with E-state index in [1.54, 1.807) is 26.0 Å². The van der Waals surface area contributed by atoms with Crippen molar-refractivity contribution in [3.8, 4) is 0 Å². The van der Waals surface area contributed by atoms with Crippen LogP contribution in [0.2, 0.25) is 0 Å². The Balaban J connectivity index is 3.85. The lowest BCUT2D eigenvalue weighted by molar-refractivity contribution is -0.144. The second kappa shape index (κ2) is 8.98. The standard InChI is InChI=1S/C12H23NO4/c1-5-17-12(15)6-7-13(3)11(14)8-10(2)9-16-4/h10H,5-9H2,1-4H3. The van der Waals surface area contributed by atoms with Gasteiger partial charge in [0.15, 0.2) is 0 Å². The number of ether oxygens (including phenoxy) is 2. The molecule has 0 radical (unpaired) electrons. The monoisotopic (exact) mass is 245 g/mol. The molecule has 17 heavy (non-hydrogen) atoms. The highest BCUT2D eigenvalue weighted by atomic mass is 16.5. The van der Waals surface area contributed by atoms with Gasteiger partial charge in [0.05, 0.1) is 13.0 Å². The zero-order valence-corrected chi connectivity index (χ0v) is 11.2. The molecular formula is C12H23NO4. The fourth-order valence-electron chi connectivity index (χ4n) is 1.41. The zero-order valence-electron chi connectivity index (χ0n) is 11.2. The Morgan fingerprint density at radius 1 is 1.35 bits per heavy atom. The minimum atomic E-state index is -0.267. The third-order valence-electron chi connectivity index (χ3n) is 2.36. The van der Waals surface area contributed by atoms with E-state index in [0.29, 0.717) is 26.2 Å². The number of hydrogen-bond donors (Lipinski definition) is 0. The van der Waals surface area contributed by atoms with Gasteiger partial charge < -0.3 is 14.4 Å². The van der Waals surface area contributed by atoms with Crippen molar-refractivity contribution in [3.05, 3.63) is 0 Å². The average molecular weight is 245 g/mol. The van der Waals surface area contributed by atoms with Gasteiger partial charge in [0.1, 0.15) is 0 Å². The highest BCUT2D eigenvalue weighted by Gasteiger charge is 2.14. The smallest absolute Gasteiger partial charge is 0.307 e. The van der Waals surface area contributed by atoms with Crippen LogP contribution in [0, 0.1) is 5.92 Å². The maximum atomic E-state index is 11.7. The van der Waals surface area contributed by atoms with Crippen LogP contribution in [-0.4, -0.2) is 50.7 Å². The molecule has 100 valence electrons. The normalized spacial score (nSPS) is 12.0. The Morgan fingerprint density at radius 3 is 2.53 bits per heavy atom. The topological polar surface area (TPSA) is 55.8 Å². The molecule has 0 aromatic carbocycles. The SMILES string of the molecule is CCOC(=O)CCN(C)C(=O)CC(C)COC. The number of rotatable bonds is 8. The third kappa shape index (κ3) is 7.74. The molecular weight excluding hydrogens is 222 g/mol. The Bertz CT molecular complexity index is 243. The lowest BCUT2D eigenvalue weighted by Gasteiger charge is -2.18. The van der Waals surface area contributed by atoms with Gasteiger partial charge in [0.2, 0.25) is 5.91 Å². The van der Waals surface area contributed by atoms with Crippen LogP contribution in [0.3, 0.4) is 0 Å². The molecule has 0 saturated heterocycles. The molecule has 0 aliphatic carbocycles. The first-order valence-electron chi connectivity index (χ1n) is 5.89. The van der Waals surface area contributed by atoms with Crippen LogP contribution in [-0.2, 0) is 19.1 Å². The number of methoxy groups -OCH3 is 1. The minimum absolute atomic E-state index is 0.0267.